The number of anilines is 1. The number of esters is 1. The van der Waals surface area contributed by atoms with E-state index >= 15 is 0 Å². The molecule has 28 heavy (non-hydrogen) atoms. The molecule has 0 atom stereocenters. The van der Waals surface area contributed by atoms with Crippen molar-refractivity contribution in [1.29, 1.82) is 0 Å². The SMILES string of the molecule is COC(=O)CN1C(=S)N(c2ccc(OC)cc2)C(=O)/C1=C/c1ccc(F)cc1. The molecule has 0 aliphatic carbocycles. The van der Waals surface area contributed by atoms with E-state index in [1.165, 1.54) is 41.2 Å². The maximum absolute atomic E-state index is 13.2. The summed E-state index contributed by atoms with van der Waals surface area (Å²) in [5.74, 6) is -0.698. The van der Waals surface area contributed by atoms with Crippen molar-refractivity contribution in [2.24, 2.45) is 0 Å². The summed E-state index contributed by atoms with van der Waals surface area (Å²) in [5, 5.41) is 0.147. The first-order valence-electron chi connectivity index (χ1n) is 8.28. The quantitative estimate of drug-likeness (QED) is 0.437. The third-order valence-electron chi connectivity index (χ3n) is 4.15. The Morgan fingerprint density at radius 1 is 1.11 bits per heavy atom. The van der Waals surface area contributed by atoms with Crippen molar-refractivity contribution in [3.8, 4) is 5.75 Å². The van der Waals surface area contributed by atoms with Crippen LogP contribution in [0.15, 0.2) is 54.2 Å². The lowest BCUT2D eigenvalue weighted by Crippen LogP contribution is -2.35. The van der Waals surface area contributed by atoms with Crippen molar-refractivity contribution in [2.75, 3.05) is 25.7 Å². The van der Waals surface area contributed by atoms with Gasteiger partial charge in [0.25, 0.3) is 5.91 Å². The average molecular weight is 400 g/mol. The maximum atomic E-state index is 13.2. The molecule has 1 amide bonds. The smallest absolute Gasteiger partial charge is 0.325 e. The Hall–Kier alpha value is -3.26. The summed E-state index contributed by atoms with van der Waals surface area (Å²) < 4.78 is 23.0. The number of halogens is 1. The summed E-state index contributed by atoms with van der Waals surface area (Å²) in [6.07, 6.45) is 1.56. The standard InChI is InChI=1S/C20H17FN2O4S/c1-26-16-9-7-15(8-10-16)23-19(25)17(11-13-3-5-14(21)6-4-13)22(20(23)28)12-18(24)27-2/h3-11H,12H2,1-2H3/b17-11-. The second-order valence-electron chi connectivity index (χ2n) is 5.86. The van der Waals surface area contributed by atoms with Gasteiger partial charge in [-0.1, -0.05) is 12.1 Å². The Morgan fingerprint density at radius 2 is 1.75 bits per heavy atom. The molecule has 0 bridgehead atoms. The van der Waals surface area contributed by atoms with E-state index in [1.54, 1.807) is 37.5 Å². The van der Waals surface area contributed by atoms with Crippen LogP contribution in [0, 0.1) is 5.82 Å². The highest BCUT2D eigenvalue weighted by Gasteiger charge is 2.40. The predicted molar refractivity (Wildman–Crippen MR) is 106 cm³/mol. The van der Waals surface area contributed by atoms with Gasteiger partial charge in [0.15, 0.2) is 5.11 Å². The fraction of sp³-hybridized carbons (Fsp3) is 0.150. The van der Waals surface area contributed by atoms with Crippen molar-refractivity contribution in [1.82, 2.24) is 4.90 Å². The van der Waals surface area contributed by atoms with E-state index in [9.17, 15) is 14.0 Å². The fourth-order valence-corrected chi connectivity index (χ4v) is 3.05. The molecule has 8 heteroatoms. The molecule has 144 valence electrons. The van der Waals surface area contributed by atoms with E-state index in [-0.39, 0.29) is 23.2 Å². The van der Waals surface area contributed by atoms with Crippen molar-refractivity contribution in [3.05, 3.63) is 65.6 Å². The lowest BCUT2D eigenvalue weighted by Gasteiger charge is -2.19. The van der Waals surface area contributed by atoms with Gasteiger partial charge < -0.3 is 14.4 Å². The number of ether oxygens (including phenoxy) is 2. The second-order valence-corrected chi connectivity index (χ2v) is 6.23. The highest BCUT2D eigenvalue weighted by atomic mass is 32.1. The number of nitrogens with zero attached hydrogens (tertiary/aromatic N) is 2. The number of amides is 1. The van der Waals surface area contributed by atoms with Crippen LogP contribution in [0.2, 0.25) is 0 Å². The van der Waals surface area contributed by atoms with E-state index in [2.05, 4.69) is 0 Å². The minimum Gasteiger partial charge on any atom is -0.497 e. The Kier molecular flexibility index (Phi) is 5.70. The van der Waals surface area contributed by atoms with Crippen molar-refractivity contribution < 1.29 is 23.5 Å². The van der Waals surface area contributed by atoms with E-state index in [0.29, 0.717) is 17.0 Å². The zero-order chi connectivity index (χ0) is 20.3. The van der Waals surface area contributed by atoms with Crippen LogP contribution < -0.4 is 9.64 Å². The fourth-order valence-electron chi connectivity index (χ4n) is 2.70. The predicted octanol–water partition coefficient (Wildman–Crippen LogP) is 2.98. The van der Waals surface area contributed by atoms with Crippen molar-refractivity contribution in [2.45, 2.75) is 0 Å². The first kappa shape index (κ1) is 19.5. The molecule has 1 fully saturated rings. The molecule has 0 N–H and O–H groups in total. The first-order chi connectivity index (χ1) is 13.4. The number of hydrogen-bond acceptors (Lipinski definition) is 5. The number of carbonyl (C=O) groups excluding carboxylic acids is 2. The highest BCUT2D eigenvalue weighted by Crippen LogP contribution is 2.30. The normalized spacial score (nSPS) is 15.3. The molecule has 0 radical (unpaired) electrons. The molecule has 1 aliphatic heterocycles. The van der Waals surface area contributed by atoms with Gasteiger partial charge in [0.1, 0.15) is 23.8 Å². The molecule has 1 saturated heterocycles. The summed E-state index contributed by atoms with van der Waals surface area (Å²) in [7, 11) is 2.80. The number of carbonyl (C=O) groups is 2. The molecule has 0 aromatic heterocycles. The van der Waals surface area contributed by atoms with E-state index in [4.69, 9.17) is 21.7 Å². The van der Waals surface area contributed by atoms with Gasteiger partial charge in [-0.05, 0) is 60.3 Å². The van der Waals surface area contributed by atoms with E-state index < -0.39 is 11.9 Å². The van der Waals surface area contributed by atoms with Gasteiger partial charge in [-0.3, -0.25) is 14.5 Å². The Balaban J connectivity index is 2.01. The van der Waals surface area contributed by atoms with Gasteiger partial charge in [-0.15, -0.1) is 0 Å². The number of thiocarbonyl (C=S) groups is 1. The van der Waals surface area contributed by atoms with Gasteiger partial charge in [0.2, 0.25) is 0 Å². The first-order valence-corrected chi connectivity index (χ1v) is 8.69. The molecular weight excluding hydrogens is 383 g/mol. The summed E-state index contributed by atoms with van der Waals surface area (Å²) in [6.45, 7) is -0.221. The van der Waals surface area contributed by atoms with Gasteiger partial charge >= 0.3 is 5.97 Å². The zero-order valence-electron chi connectivity index (χ0n) is 15.2. The van der Waals surface area contributed by atoms with Crippen LogP contribution in [0.3, 0.4) is 0 Å². The van der Waals surface area contributed by atoms with E-state index in [0.717, 1.165) is 0 Å². The van der Waals surface area contributed by atoms with Gasteiger partial charge in [-0.25, -0.2) is 4.39 Å². The molecule has 2 aromatic carbocycles. The molecule has 1 aliphatic rings. The minimum absolute atomic E-state index is 0.147. The topological polar surface area (TPSA) is 59.1 Å². The van der Waals surface area contributed by atoms with Crippen LogP contribution in [0.4, 0.5) is 10.1 Å². The maximum Gasteiger partial charge on any atom is 0.325 e. The third-order valence-corrected chi connectivity index (χ3v) is 4.56. The van der Waals surface area contributed by atoms with Gasteiger partial charge in [0, 0.05) is 0 Å². The number of hydrogen-bond donors (Lipinski definition) is 0. The van der Waals surface area contributed by atoms with Crippen molar-refractivity contribution in [3.63, 3.8) is 0 Å². The van der Waals surface area contributed by atoms with Crippen LogP contribution >= 0.6 is 12.2 Å². The summed E-state index contributed by atoms with van der Waals surface area (Å²) in [4.78, 5) is 27.7. The minimum atomic E-state index is -0.545. The Morgan fingerprint density at radius 3 is 2.32 bits per heavy atom. The largest absolute Gasteiger partial charge is 0.497 e. The average Bonchev–Trinajstić information content (AvgIpc) is 2.93. The lowest BCUT2D eigenvalue weighted by molar-refractivity contribution is -0.140. The lowest BCUT2D eigenvalue weighted by atomic mass is 10.1. The number of methoxy groups -OCH3 is 2. The summed E-state index contributed by atoms with van der Waals surface area (Å²) in [6, 6.07) is 12.4. The van der Waals surface area contributed by atoms with Gasteiger partial charge in [-0.2, -0.15) is 0 Å². The Bertz CT molecular complexity index is 942. The van der Waals surface area contributed by atoms with Crippen LogP contribution in [-0.2, 0) is 14.3 Å². The summed E-state index contributed by atoms with van der Waals surface area (Å²) >= 11 is 5.45. The van der Waals surface area contributed by atoms with Crippen LogP contribution in [0.5, 0.6) is 5.75 Å². The van der Waals surface area contributed by atoms with Gasteiger partial charge in [0.05, 0.1) is 19.9 Å². The molecule has 0 unspecified atom stereocenters. The molecule has 6 nitrogen and oxygen atoms in total. The molecule has 2 aromatic rings. The van der Waals surface area contributed by atoms with Crippen LogP contribution in [-0.4, -0.2) is 42.7 Å². The molecule has 0 saturated carbocycles. The van der Waals surface area contributed by atoms with E-state index in [1.807, 2.05) is 0 Å². The molecule has 0 spiro atoms. The zero-order valence-corrected chi connectivity index (χ0v) is 16.0. The molecule has 3 rings (SSSR count). The number of benzene rings is 2. The van der Waals surface area contributed by atoms with Crippen LogP contribution in [0.25, 0.3) is 6.08 Å². The molecule has 1 heterocycles. The summed E-state index contributed by atoms with van der Waals surface area (Å²) in [5.41, 5.74) is 1.32. The second kappa shape index (κ2) is 8.18. The number of rotatable bonds is 5. The Labute approximate surface area is 166 Å². The van der Waals surface area contributed by atoms with Crippen molar-refractivity contribution >= 4 is 41.0 Å². The highest BCUT2D eigenvalue weighted by molar-refractivity contribution is 7.80. The monoisotopic (exact) mass is 400 g/mol. The van der Waals surface area contributed by atoms with Crippen LogP contribution in [0.1, 0.15) is 5.56 Å². The third kappa shape index (κ3) is 3.86. The molecular formula is C20H17FN2O4S.